The molecule has 70 valence electrons. The highest BCUT2D eigenvalue weighted by molar-refractivity contribution is 9.09. The van der Waals surface area contributed by atoms with Crippen LogP contribution in [0.15, 0.2) is 24.5 Å². The van der Waals surface area contributed by atoms with Gasteiger partial charge in [-0.25, -0.2) is 0 Å². The maximum absolute atomic E-state index is 5.38. The van der Waals surface area contributed by atoms with Crippen molar-refractivity contribution in [1.82, 2.24) is 4.98 Å². The number of hydrogen-bond acceptors (Lipinski definition) is 3. The van der Waals surface area contributed by atoms with Crippen molar-refractivity contribution in [2.45, 2.75) is 5.01 Å². The zero-order valence-corrected chi connectivity index (χ0v) is 8.77. The molecule has 0 N–H and O–H groups in total. The van der Waals surface area contributed by atoms with Crippen LogP contribution in [0.3, 0.4) is 0 Å². The molecule has 1 unspecified atom stereocenters. The molecule has 2 heterocycles. The van der Waals surface area contributed by atoms with E-state index >= 15 is 0 Å². The first-order chi connectivity index (χ1) is 6.36. The number of nitrogens with zero attached hydrogens (tertiary/aromatic N) is 2. The molecule has 0 aliphatic carbocycles. The van der Waals surface area contributed by atoms with E-state index in [-0.39, 0.29) is 5.01 Å². The highest BCUT2D eigenvalue weighted by atomic mass is 79.9. The van der Waals surface area contributed by atoms with E-state index in [0.717, 1.165) is 25.4 Å². The van der Waals surface area contributed by atoms with Crippen LogP contribution >= 0.6 is 15.9 Å². The van der Waals surface area contributed by atoms with Gasteiger partial charge in [-0.1, -0.05) is 15.9 Å². The quantitative estimate of drug-likeness (QED) is 0.701. The number of morpholine rings is 1. The number of halogens is 1. The molecule has 0 bridgehead atoms. The van der Waals surface area contributed by atoms with E-state index in [9.17, 15) is 0 Å². The molecule has 1 aliphatic heterocycles. The summed E-state index contributed by atoms with van der Waals surface area (Å²) >= 11 is 3.44. The van der Waals surface area contributed by atoms with Gasteiger partial charge in [0.05, 0.1) is 25.0 Å². The van der Waals surface area contributed by atoms with Gasteiger partial charge in [-0.15, -0.1) is 0 Å². The third-order valence-corrected chi connectivity index (χ3v) is 2.59. The number of alkyl halides is 1. The molecule has 13 heavy (non-hydrogen) atoms. The van der Waals surface area contributed by atoms with Crippen LogP contribution in [-0.4, -0.2) is 29.7 Å². The second-order valence-corrected chi connectivity index (χ2v) is 3.96. The average Bonchev–Trinajstić information content (AvgIpc) is 2.19. The van der Waals surface area contributed by atoms with Gasteiger partial charge in [0.1, 0.15) is 5.01 Å². The van der Waals surface area contributed by atoms with Crippen molar-refractivity contribution in [3.8, 4) is 0 Å². The molecule has 1 aromatic rings. The third kappa shape index (κ3) is 2.19. The summed E-state index contributed by atoms with van der Waals surface area (Å²) in [6.45, 7) is 2.59. The molecule has 0 amide bonds. The van der Waals surface area contributed by atoms with Gasteiger partial charge in [-0.05, 0) is 12.1 Å². The van der Waals surface area contributed by atoms with Crippen molar-refractivity contribution in [2.75, 3.05) is 24.6 Å². The summed E-state index contributed by atoms with van der Waals surface area (Å²) in [7, 11) is 0. The minimum atomic E-state index is 0.140. The molecule has 0 aromatic carbocycles. The normalized spacial score (nSPS) is 23.2. The molecule has 2 rings (SSSR count). The van der Waals surface area contributed by atoms with Gasteiger partial charge in [-0.2, -0.15) is 0 Å². The van der Waals surface area contributed by atoms with E-state index in [0.29, 0.717) is 0 Å². The molecule has 0 radical (unpaired) electrons. The zero-order valence-electron chi connectivity index (χ0n) is 7.19. The van der Waals surface area contributed by atoms with Crippen LogP contribution in [0.4, 0.5) is 5.69 Å². The SMILES string of the molecule is BrC1CN(c2cccnc2)CCO1. The van der Waals surface area contributed by atoms with E-state index in [1.807, 2.05) is 12.3 Å². The number of rotatable bonds is 1. The first-order valence-electron chi connectivity index (χ1n) is 4.27. The van der Waals surface area contributed by atoms with E-state index in [2.05, 4.69) is 31.9 Å². The summed E-state index contributed by atoms with van der Waals surface area (Å²) in [5, 5.41) is 0.140. The van der Waals surface area contributed by atoms with Crippen LogP contribution < -0.4 is 4.90 Å². The van der Waals surface area contributed by atoms with E-state index in [1.54, 1.807) is 6.20 Å². The third-order valence-electron chi connectivity index (χ3n) is 2.03. The lowest BCUT2D eigenvalue weighted by molar-refractivity contribution is 0.103. The van der Waals surface area contributed by atoms with Crippen molar-refractivity contribution in [2.24, 2.45) is 0 Å². The highest BCUT2D eigenvalue weighted by Gasteiger charge is 2.17. The summed E-state index contributed by atoms with van der Waals surface area (Å²) < 4.78 is 5.38. The van der Waals surface area contributed by atoms with Gasteiger partial charge >= 0.3 is 0 Å². The molecule has 3 nitrogen and oxygen atoms in total. The summed E-state index contributed by atoms with van der Waals surface area (Å²) in [6, 6.07) is 4.02. The lowest BCUT2D eigenvalue weighted by Crippen LogP contribution is -2.39. The molecule has 4 heteroatoms. The molecule has 0 saturated carbocycles. The Labute approximate surface area is 85.8 Å². The van der Waals surface area contributed by atoms with E-state index < -0.39 is 0 Å². The van der Waals surface area contributed by atoms with Crippen molar-refractivity contribution in [1.29, 1.82) is 0 Å². The standard InChI is InChI=1S/C9H11BrN2O/c10-9-7-12(4-5-13-9)8-2-1-3-11-6-8/h1-3,6,9H,4-5,7H2. The molecule has 1 aromatic heterocycles. The van der Waals surface area contributed by atoms with Crippen molar-refractivity contribution < 1.29 is 4.74 Å². The summed E-state index contributed by atoms with van der Waals surface area (Å²) in [4.78, 5) is 6.35. The smallest absolute Gasteiger partial charge is 0.129 e. The largest absolute Gasteiger partial charge is 0.364 e. The van der Waals surface area contributed by atoms with Gasteiger partial charge in [0.2, 0.25) is 0 Å². The molecule has 1 fully saturated rings. The summed E-state index contributed by atoms with van der Waals surface area (Å²) in [6.07, 6.45) is 3.67. The van der Waals surface area contributed by atoms with E-state index in [4.69, 9.17) is 4.74 Å². The number of anilines is 1. The van der Waals surface area contributed by atoms with Crippen LogP contribution in [0.2, 0.25) is 0 Å². The Morgan fingerprint density at radius 3 is 3.23 bits per heavy atom. The van der Waals surface area contributed by atoms with Crippen LogP contribution in [-0.2, 0) is 4.74 Å². The van der Waals surface area contributed by atoms with Gasteiger partial charge < -0.3 is 9.64 Å². The van der Waals surface area contributed by atoms with Gasteiger partial charge in [0.15, 0.2) is 0 Å². The number of pyridine rings is 1. The molecule has 0 spiro atoms. The lowest BCUT2D eigenvalue weighted by atomic mass is 10.3. The maximum atomic E-state index is 5.38. The molecule has 1 saturated heterocycles. The van der Waals surface area contributed by atoms with Crippen molar-refractivity contribution in [3.05, 3.63) is 24.5 Å². The van der Waals surface area contributed by atoms with Crippen molar-refractivity contribution >= 4 is 21.6 Å². The summed E-state index contributed by atoms with van der Waals surface area (Å²) in [5.74, 6) is 0. The molecular weight excluding hydrogens is 232 g/mol. The molecule has 1 aliphatic rings. The van der Waals surface area contributed by atoms with E-state index in [1.165, 1.54) is 0 Å². The topological polar surface area (TPSA) is 25.4 Å². The minimum Gasteiger partial charge on any atom is -0.364 e. The Kier molecular flexibility index (Phi) is 2.80. The Morgan fingerprint density at radius 1 is 1.62 bits per heavy atom. The monoisotopic (exact) mass is 242 g/mol. The first-order valence-corrected chi connectivity index (χ1v) is 5.18. The van der Waals surface area contributed by atoms with Crippen LogP contribution in [0.5, 0.6) is 0 Å². The number of hydrogen-bond donors (Lipinski definition) is 0. The fourth-order valence-corrected chi connectivity index (χ4v) is 1.92. The van der Waals surface area contributed by atoms with Crippen LogP contribution in [0.25, 0.3) is 0 Å². The lowest BCUT2D eigenvalue weighted by Gasteiger charge is -2.31. The zero-order chi connectivity index (χ0) is 9.10. The molecular formula is C9H11BrN2O. The molecule has 1 atom stereocenters. The van der Waals surface area contributed by atoms with Gasteiger partial charge in [0, 0.05) is 12.7 Å². The van der Waals surface area contributed by atoms with Crippen molar-refractivity contribution in [3.63, 3.8) is 0 Å². The predicted molar refractivity (Wildman–Crippen MR) is 55.1 cm³/mol. The Balaban J connectivity index is 2.08. The van der Waals surface area contributed by atoms with Crippen LogP contribution in [0.1, 0.15) is 0 Å². The average molecular weight is 243 g/mol. The predicted octanol–water partition coefficient (Wildman–Crippen LogP) is 1.64. The first kappa shape index (κ1) is 8.97. The number of aromatic nitrogens is 1. The van der Waals surface area contributed by atoms with Crippen LogP contribution in [0, 0.1) is 0 Å². The fraction of sp³-hybridized carbons (Fsp3) is 0.444. The highest BCUT2D eigenvalue weighted by Crippen LogP contribution is 2.17. The second-order valence-electron chi connectivity index (χ2n) is 2.94. The van der Waals surface area contributed by atoms with Gasteiger partial charge in [-0.3, -0.25) is 4.98 Å². The summed E-state index contributed by atoms with van der Waals surface area (Å²) in [5.41, 5.74) is 1.16. The fourth-order valence-electron chi connectivity index (χ4n) is 1.38. The Morgan fingerprint density at radius 2 is 2.54 bits per heavy atom. The Hall–Kier alpha value is -0.610. The minimum absolute atomic E-state index is 0.140. The number of ether oxygens (including phenoxy) is 1. The van der Waals surface area contributed by atoms with Gasteiger partial charge in [0.25, 0.3) is 0 Å². The maximum Gasteiger partial charge on any atom is 0.129 e. The Bertz CT molecular complexity index is 268. The second kappa shape index (κ2) is 4.07.